The van der Waals surface area contributed by atoms with E-state index in [-0.39, 0.29) is 0 Å². The molecule has 2 heterocycles. The van der Waals surface area contributed by atoms with Crippen molar-refractivity contribution < 1.29 is 14.0 Å². The smallest absolute Gasteiger partial charge is 0.263 e. The number of carbonyl (C=O) groups is 2. The molecule has 0 bridgehead atoms. The number of benzene rings is 2. The molecule has 0 radical (unpaired) electrons. The molecule has 26 heavy (non-hydrogen) atoms. The van der Waals surface area contributed by atoms with Gasteiger partial charge in [0.15, 0.2) is 12.1 Å². The van der Waals surface area contributed by atoms with Crippen LogP contribution in [0.15, 0.2) is 57.7 Å². The number of hydrogen-bond donors (Lipinski definition) is 0. The molecule has 0 aromatic heterocycles. The summed E-state index contributed by atoms with van der Waals surface area (Å²) in [4.78, 5) is 27.8. The second-order valence-corrected chi connectivity index (χ2v) is 6.97. The normalized spacial score (nSPS) is 21.7. The maximum absolute atomic E-state index is 13.9. The summed E-state index contributed by atoms with van der Waals surface area (Å²) >= 11 is 1.52. The van der Waals surface area contributed by atoms with E-state index < -0.39 is 29.7 Å². The summed E-state index contributed by atoms with van der Waals surface area (Å²) in [5.74, 6) is -1.23. The number of fused-ring (bicyclic) bond motifs is 1. The topological polar surface area (TPSA) is 65.3 Å². The number of halogens is 1. The first-order valence-corrected chi connectivity index (χ1v) is 9.22. The van der Waals surface area contributed by atoms with Crippen molar-refractivity contribution in [3.63, 3.8) is 0 Å². The van der Waals surface area contributed by atoms with E-state index in [0.717, 1.165) is 9.80 Å². The molecule has 0 saturated carbocycles. The van der Waals surface area contributed by atoms with Crippen LogP contribution in [-0.4, -0.2) is 30.2 Å². The average molecular weight is 370 g/mol. The van der Waals surface area contributed by atoms with Crippen LogP contribution in [0.4, 0.5) is 15.8 Å². The second kappa shape index (κ2) is 6.21. The molecule has 2 amide bonds. The van der Waals surface area contributed by atoms with E-state index in [1.165, 1.54) is 22.8 Å². The molecule has 132 valence electrons. The maximum atomic E-state index is 13.9. The van der Waals surface area contributed by atoms with Crippen LogP contribution >= 0.6 is 11.8 Å². The fraction of sp³-hybridized carbons (Fsp3) is 0.222. The highest BCUT2D eigenvalue weighted by Gasteiger charge is 2.55. The molecule has 1 saturated heterocycles. The molecule has 8 heteroatoms. The third-order valence-electron chi connectivity index (χ3n) is 4.51. The zero-order valence-corrected chi connectivity index (χ0v) is 14.9. The van der Waals surface area contributed by atoms with Crippen molar-refractivity contribution in [2.24, 2.45) is 10.3 Å². The number of carbonyl (C=O) groups excluding carboxylic acids is 2. The summed E-state index contributed by atoms with van der Waals surface area (Å²) in [6.07, 6.45) is 1.92. The summed E-state index contributed by atoms with van der Waals surface area (Å²) in [5.41, 5.74) is 1.39. The van der Waals surface area contributed by atoms with Gasteiger partial charge in [0.25, 0.3) is 11.8 Å². The first kappa shape index (κ1) is 16.7. The predicted molar refractivity (Wildman–Crippen MR) is 96.8 cm³/mol. The van der Waals surface area contributed by atoms with Gasteiger partial charge < -0.3 is 0 Å². The molecule has 0 spiro atoms. The molecule has 2 aromatic carbocycles. The van der Waals surface area contributed by atoms with Gasteiger partial charge in [-0.3, -0.25) is 9.59 Å². The molecule has 2 aliphatic heterocycles. The van der Waals surface area contributed by atoms with E-state index in [2.05, 4.69) is 10.3 Å². The Morgan fingerprint density at radius 1 is 1.08 bits per heavy atom. The van der Waals surface area contributed by atoms with Gasteiger partial charge in [0, 0.05) is 4.90 Å². The van der Waals surface area contributed by atoms with Crippen molar-refractivity contribution in [3.8, 4) is 0 Å². The lowest BCUT2D eigenvalue weighted by atomic mass is 10.1. The third-order valence-corrected chi connectivity index (χ3v) is 5.24. The minimum atomic E-state index is -0.912. The van der Waals surface area contributed by atoms with Crippen LogP contribution in [0, 0.1) is 12.7 Å². The van der Waals surface area contributed by atoms with Gasteiger partial charge in [0.1, 0.15) is 5.82 Å². The number of nitrogens with zero attached hydrogens (tertiary/aromatic N) is 4. The van der Waals surface area contributed by atoms with Crippen molar-refractivity contribution in [2.45, 2.75) is 23.9 Å². The van der Waals surface area contributed by atoms with Crippen LogP contribution < -0.4 is 9.91 Å². The Hall–Kier alpha value is -2.74. The van der Waals surface area contributed by atoms with Gasteiger partial charge in [-0.15, -0.1) is 11.8 Å². The van der Waals surface area contributed by atoms with E-state index in [4.69, 9.17) is 0 Å². The van der Waals surface area contributed by atoms with Crippen LogP contribution in [0.25, 0.3) is 0 Å². The maximum Gasteiger partial charge on any atom is 0.263 e. The first-order chi connectivity index (χ1) is 12.5. The monoisotopic (exact) mass is 370 g/mol. The van der Waals surface area contributed by atoms with Crippen molar-refractivity contribution >= 4 is 35.0 Å². The first-order valence-electron chi connectivity index (χ1n) is 7.99. The van der Waals surface area contributed by atoms with Crippen LogP contribution in [0.1, 0.15) is 5.56 Å². The number of hydrogen-bond acceptors (Lipinski definition) is 6. The van der Waals surface area contributed by atoms with Crippen molar-refractivity contribution in [1.29, 1.82) is 0 Å². The number of imide groups is 1. The molecule has 0 unspecified atom stereocenters. The number of amides is 2. The molecule has 6 nitrogen and oxygen atoms in total. The molecule has 2 aliphatic rings. The van der Waals surface area contributed by atoms with Gasteiger partial charge in [-0.25, -0.2) is 14.3 Å². The van der Waals surface area contributed by atoms with Crippen LogP contribution in [0.2, 0.25) is 0 Å². The van der Waals surface area contributed by atoms with Crippen molar-refractivity contribution in [3.05, 3.63) is 53.8 Å². The Morgan fingerprint density at radius 2 is 1.88 bits per heavy atom. The molecule has 0 N–H and O–H groups in total. The van der Waals surface area contributed by atoms with Gasteiger partial charge in [-0.05, 0) is 49.1 Å². The van der Waals surface area contributed by atoms with Crippen LogP contribution in [-0.2, 0) is 9.59 Å². The SMILES string of the molecule is CSc1cccc(N2C(=O)[C@H]3N=NN(c4ccc(C)c(F)c4)[C@@H]3C2=O)c1. The largest absolute Gasteiger partial charge is 0.271 e. The average Bonchev–Trinajstić information content (AvgIpc) is 3.18. The summed E-state index contributed by atoms with van der Waals surface area (Å²) < 4.78 is 13.9. The fourth-order valence-electron chi connectivity index (χ4n) is 3.10. The van der Waals surface area contributed by atoms with Gasteiger partial charge in [0.2, 0.25) is 0 Å². The van der Waals surface area contributed by atoms with E-state index in [1.807, 2.05) is 12.3 Å². The van der Waals surface area contributed by atoms with Gasteiger partial charge in [0.05, 0.1) is 11.4 Å². The minimum Gasteiger partial charge on any atom is -0.271 e. The van der Waals surface area contributed by atoms with Gasteiger partial charge in [-0.1, -0.05) is 17.4 Å². The summed E-state index contributed by atoms with van der Waals surface area (Å²) in [5, 5.41) is 9.24. The molecule has 4 rings (SSSR count). The number of anilines is 2. The summed E-state index contributed by atoms with van der Waals surface area (Å²) in [7, 11) is 0. The molecular formula is C18H15FN4O2S. The summed E-state index contributed by atoms with van der Waals surface area (Å²) in [6.45, 7) is 1.65. The molecule has 2 aromatic rings. The van der Waals surface area contributed by atoms with Gasteiger partial charge in [-0.2, -0.15) is 5.11 Å². The number of rotatable bonds is 3. The lowest BCUT2D eigenvalue weighted by Gasteiger charge is -2.21. The quantitative estimate of drug-likeness (QED) is 0.614. The van der Waals surface area contributed by atoms with E-state index in [1.54, 1.807) is 37.3 Å². The van der Waals surface area contributed by atoms with E-state index in [0.29, 0.717) is 16.9 Å². The summed E-state index contributed by atoms with van der Waals surface area (Å²) in [6, 6.07) is 9.96. The predicted octanol–water partition coefficient (Wildman–Crippen LogP) is 3.35. The van der Waals surface area contributed by atoms with Crippen LogP contribution in [0.3, 0.4) is 0 Å². The Morgan fingerprint density at radius 3 is 2.62 bits per heavy atom. The Kier molecular flexibility index (Phi) is 3.99. The van der Waals surface area contributed by atoms with Crippen molar-refractivity contribution in [1.82, 2.24) is 0 Å². The lowest BCUT2D eigenvalue weighted by Crippen LogP contribution is -2.40. The molecule has 2 atom stereocenters. The number of aryl methyl sites for hydroxylation is 1. The second-order valence-electron chi connectivity index (χ2n) is 6.09. The zero-order valence-electron chi connectivity index (χ0n) is 14.1. The fourth-order valence-corrected chi connectivity index (χ4v) is 3.55. The van der Waals surface area contributed by atoms with Crippen LogP contribution in [0.5, 0.6) is 0 Å². The molecule has 1 fully saturated rings. The standard InChI is InChI=1S/C18H15FN4O2S/c1-10-6-7-12(9-14(10)19)23-16-15(20-21-23)17(24)22(18(16)25)11-4-3-5-13(8-11)26-2/h3-9,15-16H,1-2H3/t15-,16-/m0/s1. The molecular weight excluding hydrogens is 355 g/mol. The van der Waals surface area contributed by atoms with Gasteiger partial charge >= 0.3 is 0 Å². The lowest BCUT2D eigenvalue weighted by molar-refractivity contribution is -0.121. The minimum absolute atomic E-state index is 0.394. The number of thioether (sulfide) groups is 1. The molecule has 0 aliphatic carbocycles. The third kappa shape index (κ3) is 2.48. The zero-order chi connectivity index (χ0) is 18.4. The van der Waals surface area contributed by atoms with E-state index in [9.17, 15) is 14.0 Å². The highest BCUT2D eigenvalue weighted by Crippen LogP contribution is 2.36. The Bertz CT molecular complexity index is 949. The highest BCUT2D eigenvalue weighted by atomic mass is 32.2. The van der Waals surface area contributed by atoms with Crippen molar-refractivity contribution in [2.75, 3.05) is 16.2 Å². The van der Waals surface area contributed by atoms with E-state index >= 15 is 0 Å². The Balaban J connectivity index is 1.70. The Labute approximate surface area is 153 Å². The highest BCUT2D eigenvalue weighted by molar-refractivity contribution is 7.98.